The summed E-state index contributed by atoms with van der Waals surface area (Å²) >= 11 is 1.69. The van der Waals surface area contributed by atoms with E-state index in [0.29, 0.717) is 6.04 Å². The summed E-state index contributed by atoms with van der Waals surface area (Å²) in [5, 5.41) is 6.92. The molecule has 2 heterocycles. The summed E-state index contributed by atoms with van der Waals surface area (Å²) in [5.74, 6) is 0. The van der Waals surface area contributed by atoms with Gasteiger partial charge in [0, 0.05) is 17.6 Å². The van der Waals surface area contributed by atoms with Crippen molar-refractivity contribution < 1.29 is 0 Å². The highest BCUT2D eigenvalue weighted by Crippen LogP contribution is 2.31. The lowest BCUT2D eigenvalue weighted by Crippen LogP contribution is -2.24. The van der Waals surface area contributed by atoms with Crippen LogP contribution in [0.1, 0.15) is 10.9 Å². The second-order valence-electron chi connectivity index (χ2n) is 3.53. The second-order valence-corrected chi connectivity index (χ2v) is 4.45. The minimum atomic E-state index is 0.340. The van der Waals surface area contributed by atoms with Crippen molar-refractivity contribution in [2.75, 3.05) is 17.2 Å². The number of hydrogen-bond acceptors (Lipinski definition) is 4. The van der Waals surface area contributed by atoms with Crippen molar-refractivity contribution in [2.24, 2.45) is 0 Å². The fraction of sp³-hybridized carbons (Fsp3) is 0.182. The maximum Gasteiger partial charge on any atom is 0.0795 e. The molecule has 0 saturated carbocycles. The molecule has 1 aromatic heterocycles. The van der Waals surface area contributed by atoms with Crippen molar-refractivity contribution in [3.63, 3.8) is 0 Å². The van der Waals surface area contributed by atoms with Gasteiger partial charge in [-0.05, 0) is 12.1 Å². The predicted molar refractivity (Wildman–Crippen MR) is 63.4 cm³/mol. The van der Waals surface area contributed by atoms with Gasteiger partial charge in [-0.1, -0.05) is 12.1 Å². The summed E-state index contributed by atoms with van der Waals surface area (Å²) in [6.45, 7) is 0.916. The largest absolute Gasteiger partial charge is 0.381 e. The van der Waals surface area contributed by atoms with E-state index < -0.39 is 0 Å². The molecule has 0 bridgehead atoms. The normalized spacial score (nSPS) is 18.8. The summed E-state index contributed by atoms with van der Waals surface area (Å²) in [4.78, 5) is 5.38. The Bertz CT molecular complexity index is 453. The molecule has 0 amide bonds. The third-order valence-electron chi connectivity index (χ3n) is 2.55. The molecule has 1 atom stereocenters. The van der Waals surface area contributed by atoms with Gasteiger partial charge in [0.05, 0.1) is 22.9 Å². The molecule has 0 fully saturated rings. The van der Waals surface area contributed by atoms with Crippen LogP contribution >= 0.6 is 11.3 Å². The molecule has 1 aliphatic heterocycles. The highest BCUT2D eigenvalue weighted by Gasteiger charge is 2.18. The van der Waals surface area contributed by atoms with E-state index in [0.717, 1.165) is 6.54 Å². The van der Waals surface area contributed by atoms with Crippen LogP contribution < -0.4 is 10.6 Å². The topological polar surface area (TPSA) is 37.0 Å². The zero-order valence-electron chi connectivity index (χ0n) is 8.10. The van der Waals surface area contributed by atoms with Crippen molar-refractivity contribution in [2.45, 2.75) is 6.04 Å². The van der Waals surface area contributed by atoms with Gasteiger partial charge in [-0.3, -0.25) is 4.98 Å². The number of benzene rings is 1. The molecule has 76 valence electrons. The third-order valence-corrected chi connectivity index (χ3v) is 3.44. The van der Waals surface area contributed by atoms with Crippen LogP contribution in [0.25, 0.3) is 0 Å². The van der Waals surface area contributed by atoms with Gasteiger partial charge < -0.3 is 10.6 Å². The second kappa shape index (κ2) is 3.55. The molecule has 2 aromatic rings. The van der Waals surface area contributed by atoms with Crippen LogP contribution in [0.3, 0.4) is 0 Å². The molecule has 0 radical (unpaired) electrons. The van der Waals surface area contributed by atoms with Gasteiger partial charge in [0.2, 0.25) is 0 Å². The van der Waals surface area contributed by atoms with E-state index in [1.807, 2.05) is 23.8 Å². The minimum absolute atomic E-state index is 0.340. The fourth-order valence-corrected chi connectivity index (χ4v) is 2.45. The number of thiazole rings is 1. The van der Waals surface area contributed by atoms with Crippen molar-refractivity contribution in [3.05, 3.63) is 40.8 Å². The van der Waals surface area contributed by atoms with Gasteiger partial charge in [0.15, 0.2) is 0 Å². The van der Waals surface area contributed by atoms with E-state index in [1.54, 1.807) is 11.3 Å². The standard InChI is InChI=1S/C11H11N3S/c1-2-4-9-8(3-1)13-5-10(14-9)11-6-12-7-15-11/h1-4,6-7,10,13-14H,5H2. The molecule has 1 aliphatic rings. The summed E-state index contributed by atoms with van der Waals surface area (Å²) in [6, 6.07) is 8.61. The maximum absolute atomic E-state index is 4.10. The van der Waals surface area contributed by atoms with E-state index >= 15 is 0 Å². The van der Waals surface area contributed by atoms with E-state index in [2.05, 4.69) is 27.8 Å². The lowest BCUT2D eigenvalue weighted by molar-refractivity contribution is 0.818. The Labute approximate surface area is 92.2 Å². The van der Waals surface area contributed by atoms with E-state index in [4.69, 9.17) is 0 Å². The van der Waals surface area contributed by atoms with Crippen LogP contribution in [-0.4, -0.2) is 11.5 Å². The molecule has 1 aromatic carbocycles. The fourth-order valence-electron chi connectivity index (χ4n) is 1.78. The Morgan fingerprint density at radius 2 is 2.13 bits per heavy atom. The first-order valence-corrected chi connectivity index (χ1v) is 5.79. The van der Waals surface area contributed by atoms with Crippen LogP contribution in [0.2, 0.25) is 0 Å². The number of nitrogens with zero attached hydrogens (tertiary/aromatic N) is 1. The molecule has 3 rings (SSSR count). The maximum atomic E-state index is 4.10. The number of aromatic nitrogens is 1. The van der Waals surface area contributed by atoms with E-state index in [-0.39, 0.29) is 0 Å². The molecule has 0 saturated heterocycles. The van der Waals surface area contributed by atoms with Crippen molar-refractivity contribution in [3.8, 4) is 0 Å². The molecule has 15 heavy (non-hydrogen) atoms. The van der Waals surface area contributed by atoms with Crippen molar-refractivity contribution in [1.82, 2.24) is 4.98 Å². The molecule has 0 aliphatic carbocycles. The van der Waals surface area contributed by atoms with Gasteiger partial charge in [0.25, 0.3) is 0 Å². The zero-order chi connectivity index (χ0) is 10.1. The van der Waals surface area contributed by atoms with Gasteiger partial charge >= 0.3 is 0 Å². The molecule has 2 N–H and O–H groups in total. The van der Waals surface area contributed by atoms with Gasteiger partial charge in [-0.25, -0.2) is 0 Å². The average molecular weight is 217 g/mol. The zero-order valence-corrected chi connectivity index (χ0v) is 8.92. The lowest BCUT2D eigenvalue weighted by Gasteiger charge is -2.27. The van der Waals surface area contributed by atoms with Gasteiger partial charge in [-0.15, -0.1) is 11.3 Å². The first kappa shape index (κ1) is 8.73. The Kier molecular flexibility index (Phi) is 2.07. The molecule has 4 heteroatoms. The monoisotopic (exact) mass is 217 g/mol. The number of para-hydroxylation sites is 2. The highest BCUT2D eigenvalue weighted by atomic mass is 32.1. The van der Waals surface area contributed by atoms with Crippen molar-refractivity contribution in [1.29, 1.82) is 0 Å². The number of rotatable bonds is 1. The summed E-state index contributed by atoms with van der Waals surface area (Å²) in [5.41, 5.74) is 4.22. The average Bonchev–Trinajstić information content (AvgIpc) is 2.82. The Morgan fingerprint density at radius 1 is 1.27 bits per heavy atom. The van der Waals surface area contributed by atoms with E-state index in [9.17, 15) is 0 Å². The Morgan fingerprint density at radius 3 is 2.93 bits per heavy atom. The lowest BCUT2D eigenvalue weighted by atomic mass is 10.1. The first-order valence-electron chi connectivity index (χ1n) is 4.91. The van der Waals surface area contributed by atoms with Gasteiger partial charge in [-0.2, -0.15) is 0 Å². The Balaban J connectivity index is 1.89. The predicted octanol–water partition coefficient (Wildman–Crippen LogP) is 2.72. The van der Waals surface area contributed by atoms with Crippen LogP contribution in [0.15, 0.2) is 36.0 Å². The van der Waals surface area contributed by atoms with Crippen molar-refractivity contribution >= 4 is 22.7 Å². The minimum Gasteiger partial charge on any atom is -0.381 e. The first-order chi connectivity index (χ1) is 7.43. The Hall–Kier alpha value is -1.55. The molecular formula is C11H11N3S. The SMILES string of the molecule is c1ccc2c(c1)NCC(c1cncs1)N2. The molecule has 3 nitrogen and oxygen atoms in total. The molecule has 0 spiro atoms. The number of anilines is 2. The molecular weight excluding hydrogens is 206 g/mol. The van der Waals surface area contributed by atoms with Crippen LogP contribution in [0.4, 0.5) is 11.4 Å². The van der Waals surface area contributed by atoms with E-state index in [1.165, 1.54) is 16.3 Å². The highest BCUT2D eigenvalue weighted by molar-refractivity contribution is 7.09. The number of nitrogens with one attached hydrogen (secondary N) is 2. The van der Waals surface area contributed by atoms with Crippen LogP contribution in [0.5, 0.6) is 0 Å². The summed E-state index contributed by atoms with van der Waals surface area (Å²) < 4.78 is 0. The number of fused-ring (bicyclic) bond motifs is 1. The third kappa shape index (κ3) is 1.57. The van der Waals surface area contributed by atoms with Gasteiger partial charge in [0.1, 0.15) is 0 Å². The molecule has 1 unspecified atom stereocenters. The summed E-state index contributed by atoms with van der Waals surface area (Å²) in [6.07, 6.45) is 1.93. The van der Waals surface area contributed by atoms with Crippen LogP contribution in [-0.2, 0) is 0 Å². The van der Waals surface area contributed by atoms with Crippen LogP contribution in [0, 0.1) is 0 Å². The quantitative estimate of drug-likeness (QED) is 0.771. The smallest absolute Gasteiger partial charge is 0.0795 e. The number of hydrogen-bond donors (Lipinski definition) is 2. The summed E-state index contributed by atoms with van der Waals surface area (Å²) in [7, 11) is 0.